The van der Waals surface area contributed by atoms with Crippen LogP contribution in [0.5, 0.6) is 11.6 Å². The number of methoxy groups -OCH3 is 1. The average molecular weight is 388 g/mol. The Morgan fingerprint density at radius 2 is 1.85 bits per heavy atom. The number of aromatic hydroxyl groups is 1. The maximum Gasteiger partial charge on any atom is 0.420 e. The molecule has 0 aliphatic carbocycles. The minimum absolute atomic E-state index is 0.217. The van der Waals surface area contributed by atoms with Crippen molar-refractivity contribution in [1.82, 2.24) is 8.96 Å². The third-order valence-electron chi connectivity index (χ3n) is 3.70. The quantitative estimate of drug-likeness (QED) is 0.717. The molecule has 0 unspecified atom stereocenters. The zero-order valence-electron chi connectivity index (χ0n) is 13.0. The second-order valence-electron chi connectivity index (χ2n) is 5.24. The third-order valence-corrected chi connectivity index (χ3v) is 5.40. The first-order chi connectivity index (χ1) is 12.1. The summed E-state index contributed by atoms with van der Waals surface area (Å²) in [6.07, 6.45) is -4.17. The molecule has 0 aliphatic rings. The minimum atomic E-state index is -4.80. The normalized spacial score (nSPS) is 12.5. The van der Waals surface area contributed by atoms with Gasteiger partial charge in [0, 0.05) is 5.39 Å². The number of H-pyrrole nitrogens is 1. The van der Waals surface area contributed by atoms with Crippen molar-refractivity contribution in [2.45, 2.75) is 11.1 Å². The van der Waals surface area contributed by atoms with Crippen LogP contribution in [0.1, 0.15) is 5.56 Å². The van der Waals surface area contributed by atoms with Crippen molar-refractivity contribution < 1.29 is 31.4 Å². The number of aromatic amines is 1. The third kappa shape index (κ3) is 2.69. The largest absolute Gasteiger partial charge is 0.496 e. The van der Waals surface area contributed by atoms with E-state index in [-0.39, 0.29) is 9.36 Å². The highest BCUT2D eigenvalue weighted by molar-refractivity contribution is 7.90. The van der Waals surface area contributed by atoms with Crippen molar-refractivity contribution in [3.63, 3.8) is 0 Å². The fraction of sp³-hybridized carbons (Fsp3) is 0.133. The van der Waals surface area contributed by atoms with Gasteiger partial charge in [0.05, 0.1) is 18.2 Å². The van der Waals surface area contributed by atoms with Crippen molar-refractivity contribution in [2.24, 2.45) is 0 Å². The molecule has 0 saturated heterocycles. The summed E-state index contributed by atoms with van der Waals surface area (Å²) in [6.45, 7) is 0. The molecule has 0 radical (unpaired) electrons. The minimum Gasteiger partial charge on any atom is -0.496 e. The number of nitrogens with zero attached hydrogens (tertiary/aromatic N) is 1. The maximum atomic E-state index is 13.5. The van der Waals surface area contributed by atoms with E-state index in [0.29, 0.717) is 6.20 Å². The molecule has 138 valence electrons. The van der Waals surface area contributed by atoms with Gasteiger partial charge in [-0.2, -0.15) is 17.1 Å². The number of nitrogens with one attached hydrogen (secondary N) is 1. The Labute approximate surface area is 144 Å². The van der Waals surface area contributed by atoms with Gasteiger partial charge in [-0.3, -0.25) is 4.98 Å². The van der Waals surface area contributed by atoms with Crippen LogP contribution >= 0.6 is 0 Å². The van der Waals surface area contributed by atoms with Crippen LogP contribution < -0.4 is 10.4 Å². The van der Waals surface area contributed by atoms with E-state index < -0.39 is 49.4 Å². The second-order valence-corrected chi connectivity index (χ2v) is 7.02. The molecule has 0 bridgehead atoms. The van der Waals surface area contributed by atoms with E-state index in [2.05, 4.69) is 0 Å². The fourth-order valence-corrected chi connectivity index (χ4v) is 4.07. The van der Waals surface area contributed by atoms with Crippen LogP contribution in [0.4, 0.5) is 13.2 Å². The number of fused-ring (bicyclic) bond motifs is 1. The van der Waals surface area contributed by atoms with Gasteiger partial charge < -0.3 is 9.84 Å². The molecule has 0 atom stereocenters. The van der Waals surface area contributed by atoms with Crippen molar-refractivity contribution in [1.29, 1.82) is 0 Å². The van der Waals surface area contributed by atoms with Gasteiger partial charge >= 0.3 is 11.9 Å². The summed E-state index contributed by atoms with van der Waals surface area (Å²) in [6, 6.07) is 5.47. The number of imidazole rings is 1. The van der Waals surface area contributed by atoms with Crippen LogP contribution in [0, 0.1) is 0 Å². The Morgan fingerprint density at radius 3 is 2.38 bits per heavy atom. The summed E-state index contributed by atoms with van der Waals surface area (Å²) in [5.74, 6) is -1.16. The van der Waals surface area contributed by atoms with E-state index in [1.54, 1.807) is 0 Å². The van der Waals surface area contributed by atoms with Crippen molar-refractivity contribution in [3.8, 4) is 11.6 Å². The first-order valence-electron chi connectivity index (χ1n) is 7.00. The summed E-state index contributed by atoms with van der Waals surface area (Å²) >= 11 is 0. The number of alkyl halides is 3. The number of ether oxygens (including phenoxy) is 1. The van der Waals surface area contributed by atoms with Crippen LogP contribution in [0.2, 0.25) is 0 Å². The summed E-state index contributed by atoms with van der Waals surface area (Å²) < 4.78 is 70.8. The molecular formula is C15H11F3N2O5S. The molecule has 1 aromatic heterocycles. The van der Waals surface area contributed by atoms with Gasteiger partial charge in [-0.05, 0) is 23.6 Å². The summed E-state index contributed by atoms with van der Waals surface area (Å²) in [4.78, 5) is 13.0. The predicted molar refractivity (Wildman–Crippen MR) is 84.8 cm³/mol. The molecule has 0 fully saturated rings. The Kier molecular flexibility index (Phi) is 3.98. The molecule has 2 aromatic carbocycles. The highest BCUT2D eigenvalue weighted by atomic mass is 32.2. The van der Waals surface area contributed by atoms with Gasteiger partial charge in [-0.25, -0.2) is 13.2 Å². The molecule has 0 aliphatic heterocycles. The number of hydrogen-bond acceptors (Lipinski definition) is 5. The Bertz CT molecular complexity index is 1160. The van der Waals surface area contributed by atoms with Crippen LogP contribution in [-0.2, 0) is 16.2 Å². The molecule has 0 amide bonds. The van der Waals surface area contributed by atoms with E-state index in [1.807, 2.05) is 4.98 Å². The zero-order chi connectivity index (χ0) is 19.3. The van der Waals surface area contributed by atoms with Crippen molar-refractivity contribution >= 4 is 20.8 Å². The monoisotopic (exact) mass is 388 g/mol. The lowest BCUT2D eigenvalue weighted by atomic mass is 10.0. The lowest BCUT2D eigenvalue weighted by Gasteiger charge is -2.16. The molecule has 1 heterocycles. The molecule has 2 N–H and O–H groups in total. The van der Waals surface area contributed by atoms with Gasteiger partial charge in [0.2, 0.25) is 5.88 Å². The van der Waals surface area contributed by atoms with Crippen LogP contribution in [0.25, 0.3) is 10.8 Å². The Morgan fingerprint density at radius 1 is 1.15 bits per heavy atom. The van der Waals surface area contributed by atoms with E-state index in [9.17, 15) is 31.5 Å². The predicted octanol–water partition coefficient (Wildman–Crippen LogP) is 2.30. The molecule has 0 saturated carbocycles. The van der Waals surface area contributed by atoms with Crippen LogP contribution in [0.3, 0.4) is 0 Å². The summed E-state index contributed by atoms with van der Waals surface area (Å²) in [5.41, 5.74) is -2.28. The number of hydrogen-bond donors (Lipinski definition) is 2. The highest BCUT2D eigenvalue weighted by Crippen LogP contribution is 2.42. The number of halogens is 3. The fourth-order valence-electron chi connectivity index (χ4n) is 2.65. The van der Waals surface area contributed by atoms with E-state index in [1.165, 1.54) is 0 Å². The van der Waals surface area contributed by atoms with Crippen molar-refractivity contribution in [3.05, 3.63) is 52.6 Å². The second kappa shape index (κ2) is 5.80. The topological polar surface area (TPSA) is 101 Å². The maximum absolute atomic E-state index is 13.5. The molecule has 7 nitrogen and oxygen atoms in total. The van der Waals surface area contributed by atoms with Gasteiger partial charge in [0.1, 0.15) is 11.3 Å². The molecule has 0 spiro atoms. The highest BCUT2D eigenvalue weighted by Gasteiger charge is 2.37. The lowest BCUT2D eigenvalue weighted by Crippen LogP contribution is -2.24. The van der Waals surface area contributed by atoms with Gasteiger partial charge in [0.25, 0.3) is 10.0 Å². The first-order valence-corrected chi connectivity index (χ1v) is 8.44. The summed E-state index contributed by atoms with van der Waals surface area (Å²) in [5, 5.41) is 8.63. The number of benzene rings is 2. The SMILES string of the molecule is COc1ccc2c(S(=O)(=O)n3cc(O)[nH]c3=O)cccc2c1C(F)(F)F. The van der Waals surface area contributed by atoms with Gasteiger partial charge in [-0.15, -0.1) is 0 Å². The standard InChI is InChI=1S/C15H11F3N2O5S/c1-25-10-6-5-8-9(13(10)15(16,17)18)3-2-4-11(8)26(23,24)20-7-12(21)19-14(20)22/h2-7,21H,1H3,(H,19,22). The average Bonchev–Trinajstić information content (AvgIpc) is 2.91. The number of rotatable bonds is 3. The number of aromatic nitrogens is 2. The molecule has 11 heteroatoms. The smallest absolute Gasteiger partial charge is 0.420 e. The first kappa shape index (κ1) is 17.9. The lowest BCUT2D eigenvalue weighted by molar-refractivity contribution is -0.137. The molecule has 3 aromatic rings. The summed E-state index contributed by atoms with van der Waals surface area (Å²) in [7, 11) is -3.48. The van der Waals surface area contributed by atoms with Gasteiger partial charge in [0.15, 0.2) is 0 Å². The Hall–Kier alpha value is -2.95. The van der Waals surface area contributed by atoms with E-state index >= 15 is 0 Å². The molecule has 3 rings (SSSR count). The van der Waals surface area contributed by atoms with Crippen LogP contribution in [0.15, 0.2) is 46.2 Å². The molecule has 26 heavy (non-hydrogen) atoms. The molecular weight excluding hydrogens is 377 g/mol. The van der Waals surface area contributed by atoms with Crippen molar-refractivity contribution in [2.75, 3.05) is 7.11 Å². The van der Waals surface area contributed by atoms with Crippen LogP contribution in [-0.4, -0.2) is 29.6 Å². The van der Waals surface area contributed by atoms with Gasteiger partial charge in [-0.1, -0.05) is 12.1 Å². The Balaban J connectivity index is 2.40. The zero-order valence-corrected chi connectivity index (χ0v) is 13.9. The van der Waals surface area contributed by atoms with E-state index in [4.69, 9.17) is 4.74 Å². The van der Waals surface area contributed by atoms with E-state index in [0.717, 1.165) is 37.4 Å².